The number of hydrogen-bond donors (Lipinski definition) is 3. The number of aliphatic hydroxyl groups is 1. The van der Waals surface area contributed by atoms with Gasteiger partial charge in [-0.3, -0.25) is 4.68 Å². The molecule has 1 aromatic heterocycles. The number of guanidine groups is 1. The molecular formula is C27H38IN5O. The number of aromatic nitrogens is 2. The highest BCUT2D eigenvalue weighted by Gasteiger charge is 2.29. The molecule has 7 heteroatoms. The Balaban J connectivity index is 0.00000408. The Bertz CT molecular complexity index is 1050. The standard InChI is InChI=1S/C27H37N5O.HI/c1-6-28-26(30-20(2)17-25-21(3)31-32(5)22(25)4)29-19-27(33,24-15-11-8-12-16-24)18-23-13-9-7-10-14-23;/h7-16,20,33H,6,17-19H2,1-5H3,(H2,28,29,30);1H. The average Bonchev–Trinajstić information content (AvgIpc) is 3.05. The Morgan fingerprint density at radius 3 is 2.26 bits per heavy atom. The normalized spacial score (nSPS) is 14.1. The van der Waals surface area contributed by atoms with Gasteiger partial charge >= 0.3 is 0 Å². The summed E-state index contributed by atoms with van der Waals surface area (Å²) in [4.78, 5) is 4.81. The van der Waals surface area contributed by atoms with Gasteiger partial charge in [-0.1, -0.05) is 60.7 Å². The summed E-state index contributed by atoms with van der Waals surface area (Å²) in [5.41, 5.74) is 4.34. The fraction of sp³-hybridized carbons (Fsp3) is 0.407. The molecule has 3 rings (SSSR count). The van der Waals surface area contributed by atoms with Crippen molar-refractivity contribution in [3.8, 4) is 0 Å². The first-order chi connectivity index (χ1) is 15.8. The first-order valence-corrected chi connectivity index (χ1v) is 11.7. The van der Waals surface area contributed by atoms with Crippen molar-refractivity contribution in [3.05, 3.63) is 88.7 Å². The molecule has 0 saturated heterocycles. The van der Waals surface area contributed by atoms with E-state index in [9.17, 15) is 5.11 Å². The summed E-state index contributed by atoms with van der Waals surface area (Å²) < 4.78 is 1.93. The molecule has 3 aromatic rings. The molecule has 1 heterocycles. The van der Waals surface area contributed by atoms with Gasteiger partial charge in [0.15, 0.2) is 5.96 Å². The van der Waals surface area contributed by atoms with E-state index in [2.05, 4.69) is 36.5 Å². The van der Waals surface area contributed by atoms with Crippen LogP contribution in [0.2, 0.25) is 0 Å². The number of benzene rings is 2. The van der Waals surface area contributed by atoms with Crippen molar-refractivity contribution in [1.82, 2.24) is 20.4 Å². The highest BCUT2D eigenvalue weighted by Crippen LogP contribution is 2.26. The summed E-state index contributed by atoms with van der Waals surface area (Å²) in [5.74, 6) is 0.701. The summed E-state index contributed by atoms with van der Waals surface area (Å²) in [5, 5.41) is 23.1. The molecule has 0 fully saturated rings. The second-order valence-corrected chi connectivity index (χ2v) is 8.78. The maximum atomic E-state index is 11.7. The molecule has 0 radical (unpaired) electrons. The lowest BCUT2D eigenvalue weighted by Gasteiger charge is -2.28. The van der Waals surface area contributed by atoms with Crippen LogP contribution >= 0.6 is 24.0 Å². The van der Waals surface area contributed by atoms with Crippen LogP contribution in [0.3, 0.4) is 0 Å². The fourth-order valence-corrected chi connectivity index (χ4v) is 4.16. The number of aliphatic imine (C=N–C) groups is 1. The van der Waals surface area contributed by atoms with Crippen molar-refractivity contribution in [2.75, 3.05) is 13.1 Å². The lowest BCUT2D eigenvalue weighted by molar-refractivity contribution is 0.0467. The van der Waals surface area contributed by atoms with E-state index >= 15 is 0 Å². The molecule has 0 saturated carbocycles. The largest absolute Gasteiger partial charge is 0.383 e. The minimum atomic E-state index is -1.11. The zero-order valence-corrected chi connectivity index (χ0v) is 23.2. The topological polar surface area (TPSA) is 74.5 Å². The minimum absolute atomic E-state index is 0. The maximum Gasteiger partial charge on any atom is 0.191 e. The zero-order chi connectivity index (χ0) is 23.8. The van der Waals surface area contributed by atoms with Gasteiger partial charge < -0.3 is 15.7 Å². The van der Waals surface area contributed by atoms with E-state index in [0.717, 1.165) is 29.8 Å². The Hall–Kier alpha value is -2.39. The molecule has 2 atom stereocenters. The Morgan fingerprint density at radius 1 is 1.09 bits per heavy atom. The predicted molar refractivity (Wildman–Crippen MR) is 151 cm³/mol. The molecule has 0 aliphatic heterocycles. The molecule has 3 N–H and O–H groups in total. The fourth-order valence-electron chi connectivity index (χ4n) is 4.16. The van der Waals surface area contributed by atoms with Crippen LogP contribution in [0.5, 0.6) is 0 Å². The summed E-state index contributed by atoms with van der Waals surface area (Å²) in [6.45, 7) is 9.34. The SMILES string of the molecule is CCNC(=NCC(O)(Cc1ccccc1)c1ccccc1)NC(C)Cc1c(C)nn(C)c1C.I. The van der Waals surface area contributed by atoms with E-state index in [1.54, 1.807) is 0 Å². The van der Waals surface area contributed by atoms with Gasteiger partial charge in [-0.2, -0.15) is 5.10 Å². The van der Waals surface area contributed by atoms with Crippen LogP contribution in [0.1, 0.15) is 41.9 Å². The molecule has 184 valence electrons. The average molecular weight is 576 g/mol. The van der Waals surface area contributed by atoms with Gasteiger partial charge in [-0.15, -0.1) is 24.0 Å². The van der Waals surface area contributed by atoms with E-state index in [-0.39, 0.29) is 36.6 Å². The van der Waals surface area contributed by atoms with E-state index in [0.29, 0.717) is 12.4 Å². The van der Waals surface area contributed by atoms with Gasteiger partial charge in [0.1, 0.15) is 5.60 Å². The second-order valence-electron chi connectivity index (χ2n) is 8.78. The highest BCUT2D eigenvalue weighted by molar-refractivity contribution is 14.0. The van der Waals surface area contributed by atoms with Crippen LogP contribution in [0, 0.1) is 13.8 Å². The summed E-state index contributed by atoms with van der Waals surface area (Å²) in [6.07, 6.45) is 1.34. The monoisotopic (exact) mass is 575 g/mol. The third-order valence-electron chi connectivity index (χ3n) is 6.05. The zero-order valence-electron chi connectivity index (χ0n) is 20.9. The molecule has 0 aliphatic rings. The number of rotatable bonds is 9. The molecule has 0 bridgehead atoms. The second kappa shape index (κ2) is 12.9. The lowest BCUT2D eigenvalue weighted by atomic mass is 9.87. The number of hydrogen-bond acceptors (Lipinski definition) is 3. The maximum absolute atomic E-state index is 11.7. The van der Waals surface area contributed by atoms with Crippen molar-refractivity contribution in [3.63, 3.8) is 0 Å². The van der Waals surface area contributed by atoms with Crippen LogP contribution in [-0.4, -0.2) is 40.0 Å². The van der Waals surface area contributed by atoms with Crippen molar-refractivity contribution in [2.24, 2.45) is 12.0 Å². The molecule has 6 nitrogen and oxygen atoms in total. The molecule has 0 aliphatic carbocycles. The first-order valence-electron chi connectivity index (χ1n) is 11.7. The van der Waals surface area contributed by atoms with Crippen LogP contribution in [0.4, 0.5) is 0 Å². The predicted octanol–water partition coefficient (Wildman–Crippen LogP) is 4.27. The van der Waals surface area contributed by atoms with Crippen molar-refractivity contribution >= 4 is 29.9 Å². The Kier molecular flexibility index (Phi) is 10.6. The quantitative estimate of drug-likeness (QED) is 0.203. The summed E-state index contributed by atoms with van der Waals surface area (Å²) >= 11 is 0. The van der Waals surface area contributed by atoms with Crippen LogP contribution in [0.25, 0.3) is 0 Å². The van der Waals surface area contributed by atoms with Gasteiger partial charge in [0.05, 0.1) is 12.2 Å². The minimum Gasteiger partial charge on any atom is -0.383 e. The van der Waals surface area contributed by atoms with E-state index < -0.39 is 5.60 Å². The summed E-state index contributed by atoms with van der Waals surface area (Å²) in [6, 6.07) is 20.0. The first kappa shape index (κ1) is 27.9. The van der Waals surface area contributed by atoms with E-state index in [1.165, 1.54) is 11.3 Å². The van der Waals surface area contributed by atoms with Gasteiger partial charge in [0, 0.05) is 31.7 Å². The number of aryl methyl sites for hydroxylation is 2. The molecular weight excluding hydrogens is 537 g/mol. The van der Waals surface area contributed by atoms with Gasteiger partial charge in [-0.05, 0) is 50.8 Å². The number of nitrogens with one attached hydrogen (secondary N) is 2. The highest BCUT2D eigenvalue weighted by atomic mass is 127. The Labute approximate surface area is 220 Å². The third kappa shape index (κ3) is 7.30. The van der Waals surface area contributed by atoms with E-state index in [1.807, 2.05) is 79.3 Å². The molecule has 2 unspecified atom stereocenters. The van der Waals surface area contributed by atoms with E-state index in [4.69, 9.17) is 4.99 Å². The van der Waals surface area contributed by atoms with Crippen molar-refractivity contribution in [1.29, 1.82) is 0 Å². The van der Waals surface area contributed by atoms with Crippen LogP contribution in [-0.2, 0) is 25.5 Å². The number of nitrogens with zero attached hydrogens (tertiary/aromatic N) is 3. The van der Waals surface area contributed by atoms with Gasteiger partial charge in [0.2, 0.25) is 0 Å². The lowest BCUT2D eigenvalue weighted by Crippen LogP contribution is -2.44. The van der Waals surface area contributed by atoms with Crippen molar-refractivity contribution in [2.45, 2.75) is 52.2 Å². The van der Waals surface area contributed by atoms with Crippen LogP contribution < -0.4 is 10.6 Å². The van der Waals surface area contributed by atoms with Gasteiger partial charge in [0.25, 0.3) is 0 Å². The summed E-state index contributed by atoms with van der Waals surface area (Å²) in [7, 11) is 1.98. The number of halogens is 1. The smallest absolute Gasteiger partial charge is 0.191 e. The molecule has 0 amide bonds. The Morgan fingerprint density at radius 2 is 1.71 bits per heavy atom. The van der Waals surface area contributed by atoms with Gasteiger partial charge in [-0.25, -0.2) is 4.99 Å². The molecule has 34 heavy (non-hydrogen) atoms. The third-order valence-corrected chi connectivity index (χ3v) is 6.05. The van der Waals surface area contributed by atoms with Crippen LogP contribution in [0.15, 0.2) is 65.7 Å². The van der Waals surface area contributed by atoms with Crippen molar-refractivity contribution < 1.29 is 5.11 Å². The molecule has 0 spiro atoms. The molecule has 2 aromatic carbocycles.